The molecule has 3 aromatic carbocycles. The Bertz CT molecular complexity index is 1260. The third kappa shape index (κ3) is 4.35. The maximum absolute atomic E-state index is 12.6. The molecule has 0 bridgehead atoms. The smallest absolute Gasteiger partial charge is 0.300 e. The van der Waals surface area contributed by atoms with Gasteiger partial charge >= 0.3 is 0 Å². The quantitative estimate of drug-likeness (QED) is 0.257. The van der Waals surface area contributed by atoms with Crippen molar-refractivity contribution in [3.63, 3.8) is 0 Å². The van der Waals surface area contributed by atoms with Crippen molar-refractivity contribution in [1.82, 2.24) is 4.90 Å². The molecule has 0 aromatic heterocycles. The molecule has 202 valence electrons. The van der Waals surface area contributed by atoms with Gasteiger partial charge in [0, 0.05) is 7.11 Å². The molecule has 3 heterocycles. The number of amides is 1. The highest BCUT2D eigenvalue weighted by molar-refractivity contribution is 9.10. The fourth-order valence-electron chi connectivity index (χ4n) is 5.66. The molecule has 0 radical (unpaired) electrons. The molecule has 9 heteroatoms. The van der Waals surface area contributed by atoms with Crippen molar-refractivity contribution in [2.75, 3.05) is 13.7 Å². The maximum atomic E-state index is 12.6. The number of benzene rings is 3. The second-order valence-electron chi connectivity index (χ2n) is 9.95. The molecule has 3 aliphatic heterocycles. The van der Waals surface area contributed by atoms with Crippen LogP contribution in [0.15, 0.2) is 96.0 Å². The van der Waals surface area contributed by atoms with Gasteiger partial charge in [-0.3, -0.25) is 9.69 Å². The third-order valence-corrected chi connectivity index (χ3v) is 9.40. The number of methoxy groups -OCH3 is 1. The van der Waals surface area contributed by atoms with E-state index < -0.39 is 28.5 Å². The summed E-state index contributed by atoms with van der Waals surface area (Å²) in [6.45, 7) is 2.01. The molecule has 3 aliphatic rings. The molecular weight excluding hydrogens is 628 g/mol. The van der Waals surface area contributed by atoms with Crippen LogP contribution in [0.25, 0.3) is 0 Å². The third-order valence-electron chi connectivity index (χ3n) is 7.56. The predicted molar refractivity (Wildman–Crippen MR) is 154 cm³/mol. The maximum Gasteiger partial charge on any atom is 0.300 e. The Hall–Kier alpha value is -2.56. The van der Waals surface area contributed by atoms with E-state index in [-0.39, 0.29) is 29.5 Å². The van der Waals surface area contributed by atoms with Gasteiger partial charge in [0.2, 0.25) is 0 Å². The molecule has 0 unspecified atom stereocenters. The molecule has 3 aromatic rings. The minimum atomic E-state index is -1.04. The Labute approximate surface area is 244 Å². The van der Waals surface area contributed by atoms with Gasteiger partial charge in [-0.1, -0.05) is 123 Å². The average Bonchev–Trinajstić information content (AvgIpc) is 3.46. The van der Waals surface area contributed by atoms with Crippen LogP contribution in [-0.4, -0.2) is 64.4 Å². The zero-order valence-corrected chi connectivity index (χ0v) is 24.6. The second kappa shape index (κ2) is 10.4. The lowest BCUT2D eigenvalue weighted by Gasteiger charge is -2.40. The van der Waals surface area contributed by atoms with Crippen molar-refractivity contribution in [2.45, 2.75) is 46.3 Å². The van der Waals surface area contributed by atoms with Gasteiger partial charge in [-0.25, -0.2) is 0 Å². The minimum Gasteiger partial charge on any atom is -0.455 e. The van der Waals surface area contributed by atoms with Crippen LogP contribution in [0.3, 0.4) is 0 Å². The van der Waals surface area contributed by atoms with Crippen molar-refractivity contribution < 1.29 is 23.7 Å². The largest absolute Gasteiger partial charge is 0.455 e. The summed E-state index contributed by atoms with van der Waals surface area (Å²) in [5.41, 5.74) is 2.18. The predicted octanol–water partition coefficient (Wildman–Crippen LogP) is 5.21. The summed E-state index contributed by atoms with van der Waals surface area (Å²) in [7, 11) is 1.56. The van der Waals surface area contributed by atoms with E-state index in [4.69, 9.17) is 18.9 Å². The average molecular weight is 656 g/mol. The lowest BCUT2D eigenvalue weighted by Crippen LogP contribution is -2.59. The Kier molecular flexibility index (Phi) is 7.14. The fourth-order valence-corrected chi connectivity index (χ4v) is 6.80. The summed E-state index contributed by atoms with van der Waals surface area (Å²) in [5.74, 6) is -0.357. The van der Waals surface area contributed by atoms with E-state index in [0.717, 1.165) is 16.7 Å². The number of nitrogens with zero attached hydrogens (tertiary/aromatic N) is 2. The van der Waals surface area contributed by atoms with Crippen LogP contribution in [0.5, 0.6) is 0 Å². The molecule has 6 rings (SSSR count). The first-order valence-electron chi connectivity index (χ1n) is 12.8. The summed E-state index contributed by atoms with van der Waals surface area (Å²) in [4.78, 5) is 18.4. The van der Waals surface area contributed by atoms with Crippen molar-refractivity contribution in [2.24, 2.45) is 4.99 Å². The number of alkyl halides is 2. The molecule has 7 nitrogen and oxygen atoms in total. The van der Waals surface area contributed by atoms with Crippen LogP contribution in [0.1, 0.15) is 23.6 Å². The second-order valence-corrected chi connectivity index (χ2v) is 12.7. The van der Waals surface area contributed by atoms with E-state index in [1.807, 2.05) is 54.6 Å². The lowest BCUT2D eigenvalue weighted by molar-refractivity contribution is -0.144. The van der Waals surface area contributed by atoms with E-state index in [9.17, 15) is 4.79 Å². The van der Waals surface area contributed by atoms with E-state index in [2.05, 4.69) is 73.3 Å². The molecule has 1 amide bonds. The van der Waals surface area contributed by atoms with Crippen molar-refractivity contribution in [3.8, 4) is 0 Å². The van der Waals surface area contributed by atoms with Crippen molar-refractivity contribution in [3.05, 3.63) is 108 Å². The van der Waals surface area contributed by atoms with Crippen LogP contribution in [0.4, 0.5) is 0 Å². The van der Waals surface area contributed by atoms with Crippen molar-refractivity contribution >= 4 is 43.8 Å². The highest BCUT2D eigenvalue weighted by Gasteiger charge is 2.62. The summed E-state index contributed by atoms with van der Waals surface area (Å²) >= 11 is 7.33. The Morgan fingerprint density at radius 3 is 1.95 bits per heavy atom. The van der Waals surface area contributed by atoms with Crippen LogP contribution in [0, 0.1) is 0 Å². The normalized spacial score (nSPS) is 29.9. The lowest BCUT2D eigenvalue weighted by atomic mass is 9.80. The van der Waals surface area contributed by atoms with Gasteiger partial charge < -0.3 is 18.9 Å². The summed E-state index contributed by atoms with van der Waals surface area (Å²) in [5, 5.41) is 0. The van der Waals surface area contributed by atoms with Gasteiger partial charge in [0.05, 0.1) is 17.5 Å². The van der Waals surface area contributed by atoms with Crippen molar-refractivity contribution in [1.29, 1.82) is 0 Å². The minimum absolute atomic E-state index is 0.217. The molecule has 2 saturated heterocycles. The van der Waals surface area contributed by atoms with Crippen LogP contribution in [-0.2, 0) is 29.3 Å². The first-order valence-corrected chi connectivity index (χ1v) is 14.5. The number of hydrogen-bond donors (Lipinski definition) is 0. The van der Waals surface area contributed by atoms with Gasteiger partial charge in [-0.2, -0.15) is 4.99 Å². The van der Waals surface area contributed by atoms with E-state index in [1.165, 1.54) is 0 Å². The standard InChI is InChI=1S/C30H28Br2N2O5/c1-29(32)26(35)33-28-34(27(29)36-2)25-24(39-28)23(31)22(38-25)18-37-30(19-12-6-3-7-13-19,20-14-8-4-9-15-20)21-16-10-5-11-17-21/h3-17,22-25,27H,18H2,1-2H3/t22-,23-,24+,25-,27-,29+/m1/s1. The molecule has 6 atom stereocenters. The number of ether oxygens (including phenoxy) is 4. The molecule has 0 aliphatic carbocycles. The number of fused-ring (bicyclic) bond motifs is 3. The number of aliphatic imine (C=N–C) groups is 1. The Morgan fingerprint density at radius 1 is 0.949 bits per heavy atom. The summed E-state index contributed by atoms with van der Waals surface area (Å²) in [6.07, 6.45) is -1.90. The molecule has 0 saturated carbocycles. The number of hydrogen-bond acceptors (Lipinski definition) is 6. The number of amidine groups is 1. The van der Waals surface area contributed by atoms with Gasteiger partial charge in [-0.15, -0.1) is 0 Å². The van der Waals surface area contributed by atoms with Crippen LogP contribution >= 0.6 is 31.9 Å². The monoisotopic (exact) mass is 654 g/mol. The Balaban J connectivity index is 1.34. The molecular formula is C30H28Br2N2O5. The number of carbonyl (C=O) groups excluding carboxylic acids is 1. The SMILES string of the molecule is CO[C@H]1N2C(=NC(=O)[C@]1(C)Br)O[C@H]1[C@H](Br)[C@@H](COC(c3ccccc3)(c3ccccc3)c3ccccc3)O[C@H]12. The van der Waals surface area contributed by atoms with Gasteiger partial charge in [0.15, 0.2) is 18.6 Å². The zero-order chi connectivity index (χ0) is 27.2. The number of rotatable bonds is 7. The molecule has 0 N–H and O–H groups in total. The molecule has 0 spiro atoms. The first-order chi connectivity index (χ1) is 18.9. The number of carbonyl (C=O) groups is 1. The summed E-state index contributed by atoms with van der Waals surface area (Å²) < 4.78 is 24.4. The van der Waals surface area contributed by atoms with E-state index in [0.29, 0.717) is 0 Å². The fraction of sp³-hybridized carbons (Fsp3) is 0.333. The molecule has 39 heavy (non-hydrogen) atoms. The van der Waals surface area contributed by atoms with Crippen LogP contribution in [0.2, 0.25) is 0 Å². The Morgan fingerprint density at radius 2 is 1.46 bits per heavy atom. The van der Waals surface area contributed by atoms with Gasteiger partial charge in [0.1, 0.15) is 9.93 Å². The van der Waals surface area contributed by atoms with E-state index in [1.54, 1.807) is 18.9 Å². The van der Waals surface area contributed by atoms with Crippen LogP contribution < -0.4 is 0 Å². The zero-order valence-electron chi connectivity index (χ0n) is 21.4. The van der Waals surface area contributed by atoms with Gasteiger partial charge in [0.25, 0.3) is 11.9 Å². The highest BCUT2D eigenvalue weighted by Crippen LogP contribution is 2.45. The highest BCUT2D eigenvalue weighted by atomic mass is 79.9. The number of halogens is 2. The first kappa shape index (κ1) is 26.7. The topological polar surface area (TPSA) is 69.6 Å². The van der Waals surface area contributed by atoms with Gasteiger partial charge in [-0.05, 0) is 23.6 Å². The molecule has 2 fully saturated rings. The van der Waals surface area contributed by atoms with E-state index >= 15 is 0 Å². The summed E-state index contributed by atoms with van der Waals surface area (Å²) in [6, 6.07) is 30.9.